The van der Waals surface area contributed by atoms with Crippen LogP contribution in [0, 0.1) is 0 Å². The van der Waals surface area contributed by atoms with Crippen LogP contribution in [0.5, 0.6) is 0 Å². The van der Waals surface area contributed by atoms with E-state index in [1.165, 1.54) is 66.4 Å². The highest BCUT2D eigenvalue weighted by molar-refractivity contribution is 6.04. The average Bonchev–Trinajstić information content (AvgIpc) is 3.41. The van der Waals surface area contributed by atoms with Crippen molar-refractivity contribution >= 4 is 27.8 Å². The van der Waals surface area contributed by atoms with Crippen molar-refractivity contribution < 1.29 is 0 Å². The van der Waals surface area contributed by atoms with Gasteiger partial charge in [-0.15, -0.1) is 0 Å². The van der Waals surface area contributed by atoms with E-state index in [9.17, 15) is 0 Å². The fourth-order valence-corrected chi connectivity index (χ4v) is 8.05. The zero-order chi connectivity index (χ0) is 33.7. The van der Waals surface area contributed by atoms with E-state index in [1.54, 1.807) is 0 Å². The Balaban J connectivity index is 1.36. The van der Waals surface area contributed by atoms with Gasteiger partial charge in [-0.3, -0.25) is 0 Å². The summed E-state index contributed by atoms with van der Waals surface area (Å²) < 4.78 is 0. The number of nitrogens with zero attached hydrogens (tertiary/aromatic N) is 1. The van der Waals surface area contributed by atoms with Crippen molar-refractivity contribution in [1.82, 2.24) is 0 Å². The summed E-state index contributed by atoms with van der Waals surface area (Å²) in [6, 6.07) is 68.6. The van der Waals surface area contributed by atoms with Crippen molar-refractivity contribution in [1.29, 1.82) is 0 Å². The first kappa shape index (κ1) is 29.9. The summed E-state index contributed by atoms with van der Waals surface area (Å²) in [5.74, 6) is 0. The fourth-order valence-electron chi connectivity index (χ4n) is 8.05. The molecule has 0 spiro atoms. The van der Waals surface area contributed by atoms with Gasteiger partial charge in [0.1, 0.15) is 0 Å². The quantitative estimate of drug-likeness (QED) is 0.175. The zero-order valence-corrected chi connectivity index (χ0v) is 28.3. The molecular weight excluding hydrogens is 603 g/mol. The van der Waals surface area contributed by atoms with Gasteiger partial charge in [-0.25, -0.2) is 0 Å². The molecule has 0 heterocycles. The van der Waals surface area contributed by atoms with Gasteiger partial charge in [0.2, 0.25) is 0 Å². The smallest absolute Gasteiger partial charge is 0.0543 e. The molecule has 238 valence electrons. The number of benzene rings is 8. The van der Waals surface area contributed by atoms with Crippen LogP contribution in [0.3, 0.4) is 0 Å². The minimum Gasteiger partial charge on any atom is -0.309 e. The lowest BCUT2D eigenvalue weighted by atomic mass is 9.81. The highest BCUT2D eigenvalue weighted by Crippen LogP contribution is 2.56. The Morgan fingerprint density at radius 2 is 0.940 bits per heavy atom. The van der Waals surface area contributed by atoms with Gasteiger partial charge < -0.3 is 4.90 Å². The van der Waals surface area contributed by atoms with Crippen LogP contribution in [0.4, 0.5) is 17.1 Å². The third-order valence-electron chi connectivity index (χ3n) is 10.5. The Labute approximate surface area is 294 Å². The molecule has 1 heteroatoms. The number of para-hydroxylation sites is 2. The molecule has 1 aliphatic carbocycles. The van der Waals surface area contributed by atoms with Crippen LogP contribution in [0.15, 0.2) is 188 Å². The van der Waals surface area contributed by atoms with Gasteiger partial charge in [0.05, 0.1) is 11.4 Å². The van der Waals surface area contributed by atoms with Gasteiger partial charge in [-0.2, -0.15) is 0 Å². The SMILES string of the molecule is CC1(C)c2cc(N(c3ccccc3)c3ccccc3-c3cccc4ccccc34)c(-c3ccccc3)cc2-c2c(-c3ccccc3)cccc21. The van der Waals surface area contributed by atoms with E-state index in [0.717, 1.165) is 17.1 Å². The van der Waals surface area contributed by atoms with Crippen LogP contribution >= 0.6 is 0 Å². The minimum absolute atomic E-state index is 0.197. The second-order valence-corrected chi connectivity index (χ2v) is 13.7. The van der Waals surface area contributed by atoms with Crippen LogP contribution in [0.2, 0.25) is 0 Å². The van der Waals surface area contributed by atoms with Gasteiger partial charge in [-0.1, -0.05) is 172 Å². The lowest BCUT2D eigenvalue weighted by Crippen LogP contribution is -2.17. The van der Waals surface area contributed by atoms with E-state index < -0.39 is 0 Å². The second-order valence-electron chi connectivity index (χ2n) is 13.7. The third kappa shape index (κ3) is 4.85. The summed E-state index contributed by atoms with van der Waals surface area (Å²) in [7, 11) is 0. The number of anilines is 3. The van der Waals surface area contributed by atoms with E-state index in [1.807, 2.05) is 0 Å². The molecule has 0 N–H and O–H groups in total. The molecule has 0 aliphatic heterocycles. The predicted molar refractivity (Wildman–Crippen MR) is 213 cm³/mol. The maximum atomic E-state index is 2.49. The van der Waals surface area contributed by atoms with Crippen molar-refractivity contribution in [2.45, 2.75) is 19.3 Å². The summed E-state index contributed by atoms with van der Waals surface area (Å²) in [4.78, 5) is 2.48. The maximum Gasteiger partial charge on any atom is 0.0543 e. The molecule has 50 heavy (non-hydrogen) atoms. The summed E-state index contributed by atoms with van der Waals surface area (Å²) in [6.45, 7) is 4.77. The van der Waals surface area contributed by atoms with Crippen molar-refractivity contribution in [3.8, 4) is 44.5 Å². The summed E-state index contributed by atoms with van der Waals surface area (Å²) >= 11 is 0. The Hall–Kier alpha value is -6.18. The molecule has 8 aromatic rings. The molecule has 8 aromatic carbocycles. The largest absolute Gasteiger partial charge is 0.309 e. The van der Waals surface area contributed by atoms with Crippen molar-refractivity contribution in [2.75, 3.05) is 4.90 Å². The maximum absolute atomic E-state index is 2.49. The van der Waals surface area contributed by atoms with Gasteiger partial charge >= 0.3 is 0 Å². The molecule has 0 aromatic heterocycles. The van der Waals surface area contributed by atoms with Crippen LogP contribution in [0.1, 0.15) is 25.0 Å². The minimum atomic E-state index is -0.197. The normalized spacial score (nSPS) is 12.8. The lowest BCUT2D eigenvalue weighted by Gasteiger charge is -2.32. The Morgan fingerprint density at radius 3 is 1.70 bits per heavy atom. The van der Waals surface area contributed by atoms with Crippen molar-refractivity contribution in [3.63, 3.8) is 0 Å². The molecule has 0 saturated heterocycles. The Bertz CT molecular complexity index is 2490. The molecule has 0 fully saturated rings. The molecule has 1 nitrogen and oxygen atoms in total. The van der Waals surface area contributed by atoms with Gasteiger partial charge in [-0.05, 0) is 85.6 Å². The highest BCUT2D eigenvalue weighted by atomic mass is 15.1. The fraction of sp³-hybridized carbons (Fsp3) is 0.0612. The van der Waals surface area contributed by atoms with Crippen molar-refractivity contribution in [3.05, 3.63) is 199 Å². The molecule has 0 saturated carbocycles. The molecule has 0 bridgehead atoms. The number of hydrogen-bond donors (Lipinski definition) is 0. The Kier molecular flexibility index (Phi) is 7.21. The topological polar surface area (TPSA) is 3.24 Å². The molecular formula is C49H37N. The molecule has 0 amide bonds. The molecule has 0 radical (unpaired) electrons. The first-order valence-corrected chi connectivity index (χ1v) is 17.5. The van der Waals surface area contributed by atoms with E-state index >= 15 is 0 Å². The predicted octanol–water partition coefficient (Wildman–Crippen LogP) is 13.6. The highest BCUT2D eigenvalue weighted by Gasteiger charge is 2.38. The van der Waals surface area contributed by atoms with Crippen molar-refractivity contribution in [2.24, 2.45) is 0 Å². The summed E-state index contributed by atoms with van der Waals surface area (Å²) in [5.41, 5.74) is 15.9. The standard InChI is InChI=1S/C49H37N/c1-49(2)44-30-17-28-39(35-18-6-3-7-19-35)48(44)43-32-42(36-20-8-4-9-21-36)47(33-45(43)49)50(37-24-10-5-11-25-37)46-31-15-14-27-41(46)40-29-16-23-34-22-12-13-26-38(34)40/h3-33H,1-2H3. The van der Waals surface area contributed by atoms with Gasteiger partial charge in [0, 0.05) is 22.2 Å². The number of fused-ring (bicyclic) bond motifs is 4. The second kappa shape index (κ2) is 12.1. The van der Waals surface area contributed by atoms with E-state index in [2.05, 4.69) is 207 Å². The van der Waals surface area contributed by atoms with Gasteiger partial charge in [0.15, 0.2) is 0 Å². The molecule has 9 rings (SSSR count). The van der Waals surface area contributed by atoms with Crippen LogP contribution < -0.4 is 4.90 Å². The van der Waals surface area contributed by atoms with Crippen LogP contribution in [-0.2, 0) is 5.41 Å². The van der Waals surface area contributed by atoms with E-state index in [0.29, 0.717) is 0 Å². The first-order chi connectivity index (χ1) is 24.6. The summed E-state index contributed by atoms with van der Waals surface area (Å²) in [5, 5.41) is 2.49. The zero-order valence-electron chi connectivity index (χ0n) is 28.3. The monoisotopic (exact) mass is 639 g/mol. The molecule has 0 unspecified atom stereocenters. The lowest BCUT2D eigenvalue weighted by molar-refractivity contribution is 0.660. The van der Waals surface area contributed by atoms with E-state index in [4.69, 9.17) is 0 Å². The van der Waals surface area contributed by atoms with E-state index in [-0.39, 0.29) is 5.41 Å². The average molecular weight is 640 g/mol. The van der Waals surface area contributed by atoms with Crippen LogP contribution in [-0.4, -0.2) is 0 Å². The molecule has 1 aliphatic rings. The number of rotatable bonds is 6. The Morgan fingerprint density at radius 1 is 0.380 bits per heavy atom. The van der Waals surface area contributed by atoms with Crippen LogP contribution in [0.25, 0.3) is 55.3 Å². The first-order valence-electron chi connectivity index (χ1n) is 17.5. The van der Waals surface area contributed by atoms with Gasteiger partial charge in [0.25, 0.3) is 0 Å². The molecule has 0 atom stereocenters. The number of hydrogen-bond acceptors (Lipinski definition) is 1. The summed E-state index contributed by atoms with van der Waals surface area (Å²) in [6.07, 6.45) is 0. The third-order valence-corrected chi connectivity index (χ3v) is 10.5.